The topological polar surface area (TPSA) is 83.8 Å². The van der Waals surface area contributed by atoms with Crippen molar-refractivity contribution in [3.8, 4) is 11.5 Å². The average molecular weight is 368 g/mol. The number of hydrazone groups is 1. The molecular formula is C16H15Cl2N3O3. The highest BCUT2D eigenvalue weighted by atomic mass is 35.5. The minimum atomic E-state index is -0.443. The van der Waals surface area contributed by atoms with Crippen molar-refractivity contribution in [3.05, 3.63) is 51.3 Å². The standard InChI is InChI=1S/C16H15Cl2N3O3/c1-3-24-13-6-12(17)14(18)11(15(13)22)8-20-21-16(23)10-5-4-9(2)19-7-10/h4-8,22H,3H2,1-2H3,(H,21,23). The summed E-state index contributed by atoms with van der Waals surface area (Å²) in [6.07, 6.45) is 2.64. The quantitative estimate of drug-likeness (QED) is 0.624. The molecule has 0 bridgehead atoms. The molecule has 0 unspecified atom stereocenters. The Morgan fingerprint density at radius 3 is 2.83 bits per heavy atom. The van der Waals surface area contributed by atoms with Crippen molar-refractivity contribution >= 4 is 35.3 Å². The van der Waals surface area contributed by atoms with Gasteiger partial charge in [-0.3, -0.25) is 9.78 Å². The molecule has 1 amide bonds. The Kier molecular flexibility index (Phi) is 6.00. The lowest BCUT2D eigenvalue weighted by molar-refractivity contribution is 0.0954. The number of carbonyl (C=O) groups is 1. The Hall–Kier alpha value is -2.31. The number of carbonyl (C=O) groups excluding carboxylic acids is 1. The number of hydrogen-bond donors (Lipinski definition) is 2. The van der Waals surface area contributed by atoms with Gasteiger partial charge in [0.15, 0.2) is 11.5 Å². The maximum atomic E-state index is 11.9. The number of halogens is 2. The predicted octanol–water partition coefficient (Wildman–Crippen LogP) is 3.57. The first-order valence-electron chi connectivity index (χ1n) is 7.03. The van der Waals surface area contributed by atoms with E-state index in [2.05, 4.69) is 15.5 Å². The third kappa shape index (κ3) is 4.15. The Labute approximate surface area is 149 Å². The number of phenols is 1. The van der Waals surface area contributed by atoms with Gasteiger partial charge in [0.2, 0.25) is 0 Å². The van der Waals surface area contributed by atoms with Gasteiger partial charge in [0.05, 0.1) is 34.0 Å². The Morgan fingerprint density at radius 1 is 1.46 bits per heavy atom. The second-order valence-corrected chi connectivity index (χ2v) is 5.54. The largest absolute Gasteiger partial charge is 0.504 e. The summed E-state index contributed by atoms with van der Waals surface area (Å²) < 4.78 is 5.27. The van der Waals surface area contributed by atoms with Gasteiger partial charge in [-0.05, 0) is 26.0 Å². The lowest BCUT2D eigenvalue weighted by Gasteiger charge is -2.10. The second kappa shape index (κ2) is 7.99. The van der Waals surface area contributed by atoms with Crippen molar-refractivity contribution in [3.63, 3.8) is 0 Å². The number of phenolic OH excluding ortho intramolecular Hbond substituents is 1. The zero-order chi connectivity index (χ0) is 17.7. The van der Waals surface area contributed by atoms with Crippen LogP contribution in [0.5, 0.6) is 11.5 Å². The van der Waals surface area contributed by atoms with Crippen molar-refractivity contribution in [2.45, 2.75) is 13.8 Å². The van der Waals surface area contributed by atoms with E-state index in [1.165, 1.54) is 18.5 Å². The molecule has 0 spiro atoms. The van der Waals surface area contributed by atoms with Gasteiger partial charge in [-0.25, -0.2) is 5.43 Å². The highest BCUT2D eigenvalue weighted by Gasteiger charge is 2.15. The number of nitrogens with one attached hydrogen (secondary N) is 1. The number of rotatable bonds is 5. The van der Waals surface area contributed by atoms with Gasteiger partial charge in [-0.2, -0.15) is 5.10 Å². The molecule has 6 nitrogen and oxygen atoms in total. The van der Waals surface area contributed by atoms with Gasteiger partial charge in [-0.15, -0.1) is 0 Å². The molecule has 126 valence electrons. The fraction of sp³-hybridized carbons (Fsp3) is 0.188. The van der Waals surface area contributed by atoms with E-state index < -0.39 is 5.91 Å². The number of pyridine rings is 1. The summed E-state index contributed by atoms with van der Waals surface area (Å²) in [5, 5.41) is 14.3. The number of aromatic nitrogens is 1. The number of aryl methyl sites for hydroxylation is 1. The average Bonchev–Trinajstić information content (AvgIpc) is 2.56. The molecule has 0 aliphatic heterocycles. The summed E-state index contributed by atoms with van der Waals surface area (Å²) in [5.41, 5.74) is 3.63. The van der Waals surface area contributed by atoms with Crippen LogP contribution in [0.3, 0.4) is 0 Å². The van der Waals surface area contributed by atoms with E-state index in [-0.39, 0.29) is 27.1 Å². The fourth-order valence-corrected chi connectivity index (χ4v) is 2.21. The van der Waals surface area contributed by atoms with Crippen LogP contribution in [0.15, 0.2) is 29.5 Å². The molecule has 0 aliphatic carbocycles. The van der Waals surface area contributed by atoms with E-state index in [1.807, 2.05) is 6.92 Å². The normalized spacial score (nSPS) is 10.8. The zero-order valence-corrected chi connectivity index (χ0v) is 14.5. The molecule has 2 rings (SSSR count). The molecule has 1 aromatic carbocycles. The van der Waals surface area contributed by atoms with Crippen LogP contribution < -0.4 is 10.2 Å². The molecular weight excluding hydrogens is 353 g/mol. The third-order valence-corrected chi connectivity index (χ3v) is 3.83. The molecule has 8 heteroatoms. The number of aromatic hydroxyl groups is 1. The monoisotopic (exact) mass is 367 g/mol. The minimum absolute atomic E-state index is 0.104. The smallest absolute Gasteiger partial charge is 0.272 e. The second-order valence-electron chi connectivity index (χ2n) is 4.75. The highest BCUT2D eigenvalue weighted by molar-refractivity contribution is 6.43. The Balaban J connectivity index is 2.19. The number of nitrogens with zero attached hydrogens (tertiary/aromatic N) is 2. The van der Waals surface area contributed by atoms with Gasteiger partial charge in [0.25, 0.3) is 5.91 Å². The summed E-state index contributed by atoms with van der Waals surface area (Å²) in [4.78, 5) is 16.0. The molecule has 0 saturated heterocycles. The van der Waals surface area contributed by atoms with Crippen LogP contribution in [0, 0.1) is 6.92 Å². The fourth-order valence-electron chi connectivity index (χ4n) is 1.82. The molecule has 24 heavy (non-hydrogen) atoms. The predicted molar refractivity (Wildman–Crippen MR) is 93.3 cm³/mol. The highest BCUT2D eigenvalue weighted by Crippen LogP contribution is 2.39. The van der Waals surface area contributed by atoms with Crippen molar-refractivity contribution in [2.24, 2.45) is 5.10 Å². The molecule has 0 atom stereocenters. The minimum Gasteiger partial charge on any atom is -0.504 e. The SMILES string of the molecule is CCOc1cc(Cl)c(Cl)c(C=NNC(=O)c2ccc(C)nc2)c1O. The van der Waals surface area contributed by atoms with Crippen LogP contribution >= 0.6 is 23.2 Å². The number of benzene rings is 1. The van der Waals surface area contributed by atoms with Gasteiger partial charge >= 0.3 is 0 Å². The number of ether oxygens (including phenoxy) is 1. The van der Waals surface area contributed by atoms with Crippen LogP contribution in [0.4, 0.5) is 0 Å². The first-order valence-corrected chi connectivity index (χ1v) is 7.79. The summed E-state index contributed by atoms with van der Waals surface area (Å²) in [6, 6.07) is 4.76. The molecule has 0 radical (unpaired) electrons. The first kappa shape index (κ1) is 18.0. The summed E-state index contributed by atoms with van der Waals surface area (Å²) in [6.45, 7) is 3.94. The van der Waals surface area contributed by atoms with Crippen molar-refractivity contribution < 1.29 is 14.6 Å². The summed E-state index contributed by atoms with van der Waals surface area (Å²) in [7, 11) is 0. The molecule has 0 aliphatic rings. The molecule has 2 aromatic rings. The van der Waals surface area contributed by atoms with Crippen LogP contribution in [-0.2, 0) is 0 Å². The lowest BCUT2D eigenvalue weighted by atomic mass is 10.2. The van der Waals surface area contributed by atoms with E-state index in [0.717, 1.165) is 5.69 Å². The summed E-state index contributed by atoms with van der Waals surface area (Å²) >= 11 is 12.1. The molecule has 0 saturated carbocycles. The van der Waals surface area contributed by atoms with E-state index >= 15 is 0 Å². The van der Waals surface area contributed by atoms with E-state index in [1.54, 1.807) is 19.1 Å². The van der Waals surface area contributed by atoms with Gasteiger partial charge < -0.3 is 9.84 Å². The zero-order valence-electron chi connectivity index (χ0n) is 13.0. The third-order valence-electron chi connectivity index (χ3n) is 3.03. The molecule has 1 aromatic heterocycles. The van der Waals surface area contributed by atoms with Crippen molar-refractivity contribution in [1.29, 1.82) is 0 Å². The molecule has 1 heterocycles. The lowest BCUT2D eigenvalue weighted by Crippen LogP contribution is -2.17. The first-order chi connectivity index (χ1) is 11.4. The number of amides is 1. The van der Waals surface area contributed by atoms with E-state index in [9.17, 15) is 9.90 Å². The van der Waals surface area contributed by atoms with Gasteiger partial charge in [0.1, 0.15) is 0 Å². The van der Waals surface area contributed by atoms with Crippen molar-refractivity contribution in [2.75, 3.05) is 6.61 Å². The molecule has 0 fully saturated rings. The van der Waals surface area contributed by atoms with Crippen LogP contribution in [0.25, 0.3) is 0 Å². The Morgan fingerprint density at radius 2 is 2.21 bits per heavy atom. The van der Waals surface area contributed by atoms with Crippen LogP contribution in [0.2, 0.25) is 10.0 Å². The maximum absolute atomic E-state index is 11.9. The number of hydrogen-bond acceptors (Lipinski definition) is 5. The van der Waals surface area contributed by atoms with Crippen molar-refractivity contribution in [1.82, 2.24) is 10.4 Å². The Bertz CT molecular complexity index is 777. The van der Waals surface area contributed by atoms with E-state index in [4.69, 9.17) is 27.9 Å². The maximum Gasteiger partial charge on any atom is 0.272 e. The molecule has 2 N–H and O–H groups in total. The van der Waals surface area contributed by atoms with Gasteiger partial charge in [0, 0.05) is 18.0 Å². The summed E-state index contributed by atoms with van der Waals surface area (Å²) in [5.74, 6) is -0.468. The van der Waals surface area contributed by atoms with Crippen LogP contribution in [0.1, 0.15) is 28.5 Å². The van der Waals surface area contributed by atoms with Crippen LogP contribution in [-0.4, -0.2) is 28.8 Å². The van der Waals surface area contributed by atoms with E-state index in [0.29, 0.717) is 12.2 Å². The van der Waals surface area contributed by atoms with Gasteiger partial charge in [-0.1, -0.05) is 23.2 Å².